The Kier molecular flexibility index (Phi) is 16.5. The minimum absolute atomic E-state index is 0.0221. The summed E-state index contributed by atoms with van der Waals surface area (Å²) in [6.07, 6.45) is -9.43. The summed E-state index contributed by atoms with van der Waals surface area (Å²) in [6.45, 7) is 5.32. The van der Waals surface area contributed by atoms with E-state index in [1.165, 1.54) is 48.5 Å². The Morgan fingerprint density at radius 2 is 0.868 bits per heavy atom. The number of azo groups is 2. The van der Waals surface area contributed by atoms with Gasteiger partial charge < -0.3 is 21.3 Å². The third-order valence-electron chi connectivity index (χ3n) is 9.35. The average Bonchev–Trinajstić information content (AvgIpc) is 3.22. The van der Waals surface area contributed by atoms with Gasteiger partial charge in [0.15, 0.2) is 11.6 Å². The zero-order valence-electron chi connectivity index (χ0n) is 35.3. The maximum atomic E-state index is 13.4. The van der Waals surface area contributed by atoms with E-state index in [0.717, 1.165) is 38.1 Å². The van der Waals surface area contributed by atoms with Crippen LogP contribution in [0.5, 0.6) is 0 Å². The third-order valence-corrected chi connectivity index (χ3v) is 10.6. The highest BCUT2D eigenvalue weighted by molar-refractivity contribution is 6.35. The number of ketones is 2. The van der Waals surface area contributed by atoms with Crippen molar-refractivity contribution in [3.63, 3.8) is 0 Å². The first kappa shape index (κ1) is 52.2. The largest absolute Gasteiger partial charge is 0.417 e. The molecular weight excluding hydrogens is 992 g/mol. The van der Waals surface area contributed by atoms with Gasteiger partial charge in [-0.25, -0.2) is 0 Å². The Bertz CT molecular complexity index is 2910. The van der Waals surface area contributed by atoms with E-state index in [4.69, 9.17) is 46.4 Å². The molecule has 0 aromatic heterocycles. The van der Waals surface area contributed by atoms with Crippen LogP contribution in [0.25, 0.3) is 0 Å². The minimum Gasteiger partial charge on any atom is -0.324 e. The van der Waals surface area contributed by atoms with Gasteiger partial charge in [0, 0.05) is 22.7 Å². The number of benzene rings is 5. The Morgan fingerprint density at radius 3 is 1.22 bits per heavy atom. The molecule has 0 radical (unpaired) electrons. The average molecular weight is 1020 g/mol. The number of Topliss-reactive ketones (excluding diaryl/α,β-unsaturated/α-hetero) is 2. The van der Waals surface area contributed by atoms with Crippen molar-refractivity contribution in [3.8, 4) is 0 Å². The van der Waals surface area contributed by atoms with Gasteiger partial charge in [0.2, 0.25) is 12.1 Å². The van der Waals surface area contributed by atoms with Gasteiger partial charge in [-0.3, -0.25) is 28.8 Å². The van der Waals surface area contributed by atoms with Gasteiger partial charge in [0.1, 0.15) is 0 Å². The fourth-order valence-corrected chi connectivity index (χ4v) is 7.04. The van der Waals surface area contributed by atoms with Crippen LogP contribution in [0.2, 0.25) is 20.1 Å². The fourth-order valence-electron chi connectivity index (χ4n) is 6.06. The predicted molar refractivity (Wildman–Crippen MR) is 243 cm³/mol. The molecule has 24 heteroatoms. The van der Waals surface area contributed by atoms with Crippen LogP contribution >= 0.6 is 46.4 Å². The zero-order valence-corrected chi connectivity index (χ0v) is 38.3. The first-order chi connectivity index (χ1) is 31.7. The van der Waals surface area contributed by atoms with Gasteiger partial charge in [0.25, 0.3) is 23.6 Å². The molecule has 0 fully saturated rings. The van der Waals surface area contributed by atoms with Crippen molar-refractivity contribution in [2.75, 3.05) is 21.3 Å². The molecule has 0 aliphatic carbocycles. The highest BCUT2D eigenvalue weighted by Crippen LogP contribution is 2.38. The topological polar surface area (TPSA) is 200 Å². The quantitative estimate of drug-likeness (QED) is 0.0484. The summed E-state index contributed by atoms with van der Waals surface area (Å²) in [6, 6.07) is 12.3. The molecule has 4 N–H and O–H groups in total. The van der Waals surface area contributed by atoms with Crippen molar-refractivity contribution in [2.24, 2.45) is 20.5 Å². The number of nitrogens with one attached hydrogen (secondary N) is 4. The molecule has 0 spiro atoms. The molecule has 0 aliphatic heterocycles. The Morgan fingerprint density at radius 1 is 0.485 bits per heavy atom. The lowest BCUT2D eigenvalue weighted by Gasteiger charge is -2.17. The van der Waals surface area contributed by atoms with Crippen molar-refractivity contribution >= 4 is 116 Å². The van der Waals surface area contributed by atoms with Crippen LogP contribution in [0.1, 0.15) is 56.8 Å². The molecule has 4 amide bonds. The van der Waals surface area contributed by atoms with Crippen molar-refractivity contribution in [3.05, 3.63) is 138 Å². The van der Waals surface area contributed by atoms with Gasteiger partial charge in [-0.2, -0.15) is 46.8 Å². The lowest BCUT2D eigenvalue weighted by atomic mass is 10.1. The van der Waals surface area contributed by atoms with Gasteiger partial charge in [-0.15, -0.1) is 0 Å². The maximum absolute atomic E-state index is 13.4. The van der Waals surface area contributed by atoms with Crippen molar-refractivity contribution in [1.29, 1.82) is 0 Å². The molecular formula is C44H32Cl4F6N8O6. The Balaban J connectivity index is 1.25. The second kappa shape index (κ2) is 21.5. The monoisotopic (exact) mass is 1020 g/mol. The summed E-state index contributed by atoms with van der Waals surface area (Å²) in [4.78, 5) is 77.9. The number of carbonyl (C=O) groups is 6. The molecule has 0 saturated heterocycles. The normalized spacial score (nSPS) is 12.7. The Hall–Kier alpha value is -6.74. The number of alkyl halides is 6. The lowest BCUT2D eigenvalue weighted by molar-refractivity contribution is -0.138. The molecule has 0 heterocycles. The number of anilines is 4. The summed E-state index contributed by atoms with van der Waals surface area (Å²) in [5, 5.41) is 24.1. The van der Waals surface area contributed by atoms with Crippen LogP contribution < -0.4 is 21.3 Å². The number of carbonyl (C=O) groups excluding carboxylic acids is 6. The number of amides is 4. The number of hydrogen-bond acceptors (Lipinski definition) is 10. The van der Waals surface area contributed by atoms with Crippen LogP contribution in [-0.2, 0) is 31.5 Å². The van der Waals surface area contributed by atoms with Gasteiger partial charge in [0.05, 0.1) is 53.7 Å². The summed E-state index contributed by atoms with van der Waals surface area (Å²) in [5.41, 5.74) is -1.55. The molecule has 5 rings (SSSR count). The first-order valence-electron chi connectivity index (χ1n) is 19.2. The Labute approximate surface area is 401 Å². The van der Waals surface area contributed by atoms with Crippen molar-refractivity contribution in [1.82, 2.24) is 0 Å². The number of nitrogens with zero attached hydrogens (tertiary/aromatic N) is 4. The summed E-state index contributed by atoms with van der Waals surface area (Å²) in [5.74, 6) is -4.95. The van der Waals surface area contributed by atoms with E-state index in [0.29, 0.717) is 23.3 Å². The van der Waals surface area contributed by atoms with Crippen LogP contribution in [-0.4, -0.2) is 47.3 Å². The van der Waals surface area contributed by atoms with E-state index in [1.807, 2.05) is 0 Å². The zero-order chi connectivity index (χ0) is 50.4. The van der Waals surface area contributed by atoms with Crippen LogP contribution in [0.3, 0.4) is 0 Å². The molecule has 354 valence electrons. The molecule has 0 saturated carbocycles. The summed E-state index contributed by atoms with van der Waals surface area (Å²) in [7, 11) is 0. The summed E-state index contributed by atoms with van der Waals surface area (Å²) >= 11 is 23.9. The lowest BCUT2D eigenvalue weighted by Crippen LogP contribution is -2.33. The van der Waals surface area contributed by atoms with Crippen LogP contribution in [0.4, 0.5) is 60.5 Å². The fraction of sp³-hybridized carbons (Fsp3) is 0.182. The van der Waals surface area contributed by atoms with E-state index in [2.05, 4.69) is 41.7 Å². The number of rotatable bonds is 14. The number of hydrogen-bond donors (Lipinski definition) is 4. The van der Waals surface area contributed by atoms with E-state index in [-0.39, 0.29) is 55.3 Å². The second-order valence-electron chi connectivity index (χ2n) is 14.5. The summed E-state index contributed by atoms with van der Waals surface area (Å²) < 4.78 is 78.7. The highest BCUT2D eigenvalue weighted by Gasteiger charge is 2.34. The van der Waals surface area contributed by atoms with Gasteiger partial charge in [-0.05, 0) is 124 Å². The molecule has 68 heavy (non-hydrogen) atoms. The molecule has 5 aromatic carbocycles. The molecule has 5 aromatic rings. The first-order valence-corrected chi connectivity index (χ1v) is 20.8. The van der Waals surface area contributed by atoms with Crippen molar-refractivity contribution in [2.45, 2.75) is 52.1 Å². The molecule has 0 bridgehead atoms. The van der Waals surface area contributed by atoms with E-state index in [1.54, 1.807) is 13.8 Å². The van der Waals surface area contributed by atoms with Crippen molar-refractivity contribution < 1.29 is 55.1 Å². The third kappa shape index (κ3) is 13.2. The number of halogens is 10. The van der Waals surface area contributed by atoms with Crippen LogP contribution in [0.15, 0.2) is 105 Å². The van der Waals surface area contributed by atoms with Gasteiger partial charge >= 0.3 is 12.4 Å². The minimum atomic E-state index is -4.72. The highest BCUT2D eigenvalue weighted by atomic mass is 35.5. The van der Waals surface area contributed by atoms with E-state index < -0.39 is 80.8 Å². The predicted octanol–water partition coefficient (Wildman–Crippen LogP) is 12.8. The molecule has 0 aliphatic rings. The van der Waals surface area contributed by atoms with Crippen LogP contribution in [0, 0.1) is 13.8 Å². The molecule has 2 unspecified atom stereocenters. The maximum Gasteiger partial charge on any atom is 0.417 e. The SMILES string of the molecule is CC(=O)C(N=Nc1ccc(Cl)c(C(=O)Nc2ccc(C(F)(F)F)c(Cl)c2)c1)C(=O)Nc1cc(C)c(NC(=O)C(N=Nc2ccc(Cl)c(C(=O)Nc3ccc(C(F)(F)F)c(Cl)c3)c2)C(C)=O)c(C)c1. The molecule has 14 nitrogen and oxygen atoms in total. The number of aryl methyl sites for hydroxylation is 2. The second-order valence-corrected chi connectivity index (χ2v) is 16.2. The standard InChI is InChI=1S/C44H32Cl4F6N8O6/c1-19-13-27(57-41(67)37(21(3)63)61-59-25-7-11-32(45)28(15-25)39(65)55-23-5-9-30(34(47)17-23)43(49,50)51)14-20(2)36(19)58-42(68)38(22(4)64)62-60-26-8-12-33(46)29(16-26)40(66)56-24-6-10-31(35(48)18-24)44(52,53)54/h5-18,37-38H,1-4H3,(H,55,65)(H,56,66)(H,57,67)(H,58,68). The smallest absolute Gasteiger partial charge is 0.324 e. The van der Waals surface area contributed by atoms with E-state index >= 15 is 0 Å². The van der Waals surface area contributed by atoms with E-state index in [9.17, 15) is 55.1 Å². The van der Waals surface area contributed by atoms with Gasteiger partial charge in [-0.1, -0.05) is 46.4 Å². The molecule has 2 atom stereocenters.